The van der Waals surface area contributed by atoms with E-state index in [-0.39, 0.29) is 6.42 Å². The van der Waals surface area contributed by atoms with Gasteiger partial charge < -0.3 is 24.5 Å². The third-order valence-electron chi connectivity index (χ3n) is 7.41. The van der Waals surface area contributed by atoms with Gasteiger partial charge in [-0.3, -0.25) is 0 Å². The quantitative estimate of drug-likeness (QED) is 0.189. The smallest absolute Gasteiger partial charge is 0.128 e. The molecular formula is C38H40O5-2. The number of carboxylic acids is 2. The fraction of sp³-hybridized carbons (Fsp3) is 0.316. The van der Waals surface area contributed by atoms with Gasteiger partial charge in [-0.05, 0) is 106 Å². The molecule has 0 aliphatic rings. The number of carboxylic acid groups (broad SMARTS) is 2. The second-order valence-electron chi connectivity index (χ2n) is 12.1. The summed E-state index contributed by atoms with van der Waals surface area (Å²) in [5, 5.41) is 22.1. The van der Waals surface area contributed by atoms with Crippen LogP contribution in [0.15, 0.2) is 84.9 Å². The van der Waals surface area contributed by atoms with E-state index in [1.54, 1.807) is 0 Å². The summed E-state index contributed by atoms with van der Waals surface area (Å²) in [4.78, 5) is 22.1. The molecule has 0 spiro atoms. The summed E-state index contributed by atoms with van der Waals surface area (Å²) in [5.41, 5.74) is 9.99. The number of aryl methyl sites for hydroxylation is 1. The number of carbonyl (C=O) groups excluding carboxylic acids is 2. The molecule has 0 aliphatic heterocycles. The first-order chi connectivity index (χ1) is 20.6. The highest BCUT2D eigenvalue weighted by molar-refractivity contribution is 5.77. The highest BCUT2D eigenvalue weighted by Crippen LogP contribution is 2.35. The van der Waals surface area contributed by atoms with Crippen molar-refractivity contribution >= 4 is 11.9 Å². The first-order valence-electron chi connectivity index (χ1n) is 15.0. The van der Waals surface area contributed by atoms with Crippen LogP contribution in [0.3, 0.4) is 0 Å². The first kappa shape index (κ1) is 31.6. The lowest BCUT2D eigenvalue weighted by molar-refractivity contribution is -0.308. The molecule has 0 unspecified atom stereocenters. The van der Waals surface area contributed by atoms with E-state index < -0.39 is 18.5 Å². The summed E-state index contributed by atoms with van der Waals surface area (Å²) >= 11 is 0. The summed E-state index contributed by atoms with van der Waals surface area (Å²) < 4.78 is 5.58. The Morgan fingerprint density at radius 1 is 0.651 bits per heavy atom. The van der Waals surface area contributed by atoms with Crippen LogP contribution in [0.4, 0.5) is 0 Å². The van der Waals surface area contributed by atoms with Crippen molar-refractivity contribution in [1.82, 2.24) is 0 Å². The minimum absolute atomic E-state index is 0.00616. The van der Waals surface area contributed by atoms with Crippen LogP contribution < -0.4 is 14.9 Å². The van der Waals surface area contributed by atoms with E-state index in [2.05, 4.69) is 88.4 Å². The molecule has 0 radical (unpaired) electrons. The highest BCUT2D eigenvalue weighted by atomic mass is 16.5. The molecular weight excluding hydrogens is 536 g/mol. The molecule has 5 nitrogen and oxygen atoms in total. The van der Waals surface area contributed by atoms with Crippen molar-refractivity contribution in [3.05, 3.63) is 113 Å². The van der Waals surface area contributed by atoms with E-state index >= 15 is 0 Å². The zero-order valence-electron chi connectivity index (χ0n) is 25.5. The van der Waals surface area contributed by atoms with E-state index in [9.17, 15) is 19.8 Å². The highest BCUT2D eigenvalue weighted by Gasteiger charge is 2.15. The minimum atomic E-state index is -1.25. The molecule has 0 N–H and O–H groups in total. The predicted molar refractivity (Wildman–Crippen MR) is 167 cm³/mol. The van der Waals surface area contributed by atoms with Gasteiger partial charge in [0.2, 0.25) is 0 Å². The van der Waals surface area contributed by atoms with E-state index in [0.29, 0.717) is 24.0 Å². The average molecular weight is 577 g/mol. The number of hydrogen-bond donors (Lipinski definition) is 0. The van der Waals surface area contributed by atoms with Crippen molar-refractivity contribution in [1.29, 1.82) is 0 Å². The van der Waals surface area contributed by atoms with Gasteiger partial charge >= 0.3 is 0 Å². The van der Waals surface area contributed by atoms with E-state index in [0.717, 1.165) is 52.6 Å². The second kappa shape index (κ2) is 14.7. The fourth-order valence-electron chi connectivity index (χ4n) is 5.57. The predicted octanol–water partition coefficient (Wildman–Crippen LogP) is 5.82. The zero-order valence-corrected chi connectivity index (χ0v) is 25.5. The van der Waals surface area contributed by atoms with Crippen molar-refractivity contribution in [3.63, 3.8) is 0 Å². The van der Waals surface area contributed by atoms with Crippen LogP contribution in [0, 0.1) is 11.8 Å². The Morgan fingerprint density at radius 3 is 1.91 bits per heavy atom. The normalized spacial score (nSPS) is 11.2. The van der Waals surface area contributed by atoms with Crippen LogP contribution in [0.25, 0.3) is 22.3 Å². The van der Waals surface area contributed by atoms with Gasteiger partial charge in [-0.15, -0.1) is 0 Å². The molecule has 4 rings (SSSR count). The topological polar surface area (TPSA) is 89.5 Å². The molecule has 0 fully saturated rings. The summed E-state index contributed by atoms with van der Waals surface area (Å²) in [6.07, 6.45) is 2.84. The van der Waals surface area contributed by atoms with Crippen LogP contribution in [-0.4, -0.2) is 18.5 Å². The maximum atomic E-state index is 11.1. The molecule has 0 aromatic heterocycles. The Kier molecular flexibility index (Phi) is 10.8. The first-order valence-corrected chi connectivity index (χ1v) is 15.0. The zero-order chi connectivity index (χ0) is 30.9. The molecule has 0 atom stereocenters. The molecule has 0 saturated heterocycles. The molecule has 5 heteroatoms. The fourth-order valence-corrected chi connectivity index (χ4v) is 5.57. The van der Waals surface area contributed by atoms with Crippen LogP contribution >= 0.6 is 0 Å². The summed E-state index contributed by atoms with van der Waals surface area (Å²) in [6, 6.07) is 29.2. The van der Waals surface area contributed by atoms with E-state index in [4.69, 9.17) is 4.74 Å². The molecule has 0 bridgehead atoms. The van der Waals surface area contributed by atoms with E-state index in [1.807, 2.05) is 24.3 Å². The van der Waals surface area contributed by atoms with Crippen molar-refractivity contribution in [2.75, 3.05) is 6.61 Å². The number of rotatable bonds is 14. The molecule has 43 heavy (non-hydrogen) atoms. The van der Waals surface area contributed by atoms with Crippen LogP contribution in [0.2, 0.25) is 0 Å². The molecule has 0 amide bonds. The molecule has 0 saturated carbocycles. The number of hydrogen-bond acceptors (Lipinski definition) is 5. The SMILES string of the molecule is CC(C)Cc1cc(-c2ccc(-c3ccc(CCC(=O)[O-])cc3CC(C)C)cc2Cc2ccccc2)ccc1OCC(=O)[O-]. The lowest BCUT2D eigenvalue weighted by Gasteiger charge is -2.19. The van der Waals surface area contributed by atoms with Gasteiger partial charge in [-0.1, -0.05) is 100 Å². The van der Waals surface area contributed by atoms with Crippen molar-refractivity contribution in [3.8, 4) is 28.0 Å². The minimum Gasteiger partial charge on any atom is -0.550 e. The second-order valence-corrected chi connectivity index (χ2v) is 12.1. The number of carbonyl (C=O) groups is 2. The third-order valence-corrected chi connectivity index (χ3v) is 7.41. The van der Waals surface area contributed by atoms with Crippen LogP contribution in [0.5, 0.6) is 5.75 Å². The lowest BCUT2D eigenvalue weighted by atomic mass is 9.87. The monoisotopic (exact) mass is 576 g/mol. The van der Waals surface area contributed by atoms with Gasteiger partial charge in [0.25, 0.3) is 0 Å². The Bertz CT molecular complexity index is 1550. The maximum Gasteiger partial charge on any atom is 0.128 e. The Morgan fingerprint density at radius 2 is 1.26 bits per heavy atom. The Balaban J connectivity index is 1.81. The van der Waals surface area contributed by atoms with Crippen LogP contribution in [-0.2, 0) is 35.3 Å². The molecule has 0 heterocycles. The van der Waals surface area contributed by atoms with Gasteiger partial charge in [0.1, 0.15) is 12.4 Å². The average Bonchev–Trinajstić information content (AvgIpc) is 2.95. The number of aliphatic carboxylic acids is 2. The third kappa shape index (κ3) is 9.05. The molecule has 4 aromatic rings. The van der Waals surface area contributed by atoms with Gasteiger partial charge in [-0.25, -0.2) is 0 Å². The molecule has 4 aromatic carbocycles. The summed E-state index contributed by atoms with van der Waals surface area (Å²) in [5.74, 6) is -0.911. The largest absolute Gasteiger partial charge is 0.550 e. The van der Waals surface area contributed by atoms with Gasteiger partial charge in [0.05, 0.1) is 5.97 Å². The van der Waals surface area contributed by atoms with Crippen molar-refractivity contribution < 1.29 is 24.5 Å². The van der Waals surface area contributed by atoms with Gasteiger partial charge in [0.15, 0.2) is 0 Å². The maximum absolute atomic E-state index is 11.1. The molecule has 0 aliphatic carbocycles. The van der Waals surface area contributed by atoms with Gasteiger partial charge in [0, 0.05) is 5.97 Å². The van der Waals surface area contributed by atoms with E-state index in [1.165, 1.54) is 16.7 Å². The number of benzene rings is 4. The summed E-state index contributed by atoms with van der Waals surface area (Å²) in [6.45, 7) is 8.16. The van der Waals surface area contributed by atoms with Crippen LogP contribution in [0.1, 0.15) is 61.9 Å². The standard InChI is InChI=1S/C38H42O5/c1-25(2)18-31-21-28(11-17-37(39)40)10-14-34(31)29-12-15-35(32(22-29)20-27-8-6-5-7-9-27)30-13-16-36(43-24-38(41)42)33(23-30)19-26(3)4/h5-10,12-16,21-23,25-26H,11,17-20,24H2,1-4H3,(H,39,40)(H,41,42)/p-2. The lowest BCUT2D eigenvalue weighted by Crippen LogP contribution is -2.29. The van der Waals surface area contributed by atoms with Gasteiger partial charge in [-0.2, -0.15) is 0 Å². The summed E-state index contributed by atoms with van der Waals surface area (Å²) in [7, 11) is 0. The Hall–Kier alpha value is -4.38. The Labute approximate surface area is 255 Å². The van der Waals surface area contributed by atoms with Crippen molar-refractivity contribution in [2.24, 2.45) is 11.8 Å². The van der Waals surface area contributed by atoms with Crippen molar-refractivity contribution in [2.45, 2.75) is 59.8 Å². The molecule has 224 valence electrons. The number of ether oxygens (including phenoxy) is 1.